The molecule has 0 saturated carbocycles. The van der Waals surface area contributed by atoms with Crippen molar-refractivity contribution in [3.8, 4) is 5.75 Å². The molecule has 0 spiro atoms. The zero-order chi connectivity index (χ0) is 17.9. The van der Waals surface area contributed by atoms with E-state index in [0.717, 1.165) is 44.2 Å². The lowest BCUT2D eigenvalue weighted by Crippen LogP contribution is -2.57. The lowest BCUT2D eigenvalue weighted by molar-refractivity contribution is 0.0729. The van der Waals surface area contributed by atoms with Crippen molar-refractivity contribution in [2.75, 3.05) is 37.7 Å². The lowest BCUT2D eigenvalue weighted by atomic mass is 9.91. The fraction of sp³-hybridized carbons (Fsp3) is 0.455. The molecule has 0 amide bonds. The number of fused-ring (bicyclic) bond motifs is 1. The Balaban J connectivity index is 1.29. The fourth-order valence-electron chi connectivity index (χ4n) is 4.13. The van der Waals surface area contributed by atoms with E-state index in [2.05, 4.69) is 41.0 Å². The largest absolute Gasteiger partial charge is 0.493 e. The Labute approximate surface area is 155 Å². The van der Waals surface area contributed by atoms with Crippen LogP contribution in [-0.4, -0.2) is 43.7 Å². The highest BCUT2D eigenvalue weighted by Crippen LogP contribution is 2.28. The molecule has 0 N–H and O–H groups in total. The highest BCUT2D eigenvalue weighted by Gasteiger charge is 2.33. The number of hydrogen-bond acceptors (Lipinski definition) is 3. The van der Waals surface area contributed by atoms with Gasteiger partial charge in [-0.15, -0.1) is 0 Å². The van der Waals surface area contributed by atoms with Crippen molar-refractivity contribution in [3.63, 3.8) is 0 Å². The van der Waals surface area contributed by atoms with Gasteiger partial charge in [-0.3, -0.25) is 4.90 Å². The summed E-state index contributed by atoms with van der Waals surface area (Å²) < 4.78 is 19.2. The summed E-state index contributed by atoms with van der Waals surface area (Å²) in [7, 11) is 0. The average Bonchev–Trinajstić information content (AvgIpc) is 2.67. The van der Waals surface area contributed by atoms with Gasteiger partial charge in [0.25, 0.3) is 0 Å². The molecule has 2 unspecified atom stereocenters. The van der Waals surface area contributed by atoms with Crippen LogP contribution in [0.4, 0.5) is 10.1 Å². The topological polar surface area (TPSA) is 15.7 Å². The van der Waals surface area contributed by atoms with Crippen LogP contribution >= 0.6 is 0 Å². The quantitative estimate of drug-likeness (QED) is 0.822. The van der Waals surface area contributed by atoms with E-state index < -0.39 is 0 Å². The predicted molar refractivity (Wildman–Crippen MR) is 103 cm³/mol. The molecule has 0 bridgehead atoms. The molecule has 0 aromatic heterocycles. The van der Waals surface area contributed by atoms with E-state index in [-0.39, 0.29) is 5.82 Å². The highest BCUT2D eigenvalue weighted by molar-refractivity contribution is 5.47. The minimum Gasteiger partial charge on any atom is -0.493 e. The molecule has 3 nitrogen and oxygen atoms in total. The summed E-state index contributed by atoms with van der Waals surface area (Å²) >= 11 is 0. The van der Waals surface area contributed by atoms with Crippen LogP contribution in [0.25, 0.3) is 0 Å². The van der Waals surface area contributed by atoms with Crippen LogP contribution in [-0.2, 0) is 0 Å². The standard InChI is InChI=1S/C22H27FN2O/c1-17-2-10-22(11-3-17)26-16-18-4-7-21-15-25(13-12-24(21)14-18)20-8-5-19(23)6-9-20/h2-3,5-6,8-11,18,21H,4,7,12-16H2,1H3. The molecule has 0 radical (unpaired) electrons. The van der Waals surface area contributed by atoms with Crippen molar-refractivity contribution in [3.05, 3.63) is 59.9 Å². The molecule has 2 atom stereocenters. The number of aryl methyl sites for hydroxylation is 1. The monoisotopic (exact) mass is 354 g/mol. The summed E-state index contributed by atoms with van der Waals surface area (Å²) in [5, 5.41) is 0. The van der Waals surface area contributed by atoms with Crippen LogP contribution in [0.2, 0.25) is 0 Å². The van der Waals surface area contributed by atoms with Crippen molar-refractivity contribution >= 4 is 5.69 Å². The molecule has 4 heteroatoms. The summed E-state index contributed by atoms with van der Waals surface area (Å²) in [4.78, 5) is 5.01. The van der Waals surface area contributed by atoms with E-state index in [1.807, 2.05) is 12.1 Å². The van der Waals surface area contributed by atoms with Gasteiger partial charge in [0.2, 0.25) is 0 Å². The average molecular weight is 354 g/mol. The highest BCUT2D eigenvalue weighted by atomic mass is 19.1. The van der Waals surface area contributed by atoms with Gasteiger partial charge < -0.3 is 9.64 Å². The maximum atomic E-state index is 13.1. The van der Waals surface area contributed by atoms with Gasteiger partial charge in [-0.25, -0.2) is 4.39 Å². The first kappa shape index (κ1) is 17.3. The second-order valence-corrected chi connectivity index (χ2v) is 7.64. The SMILES string of the molecule is Cc1ccc(OCC2CCC3CN(c4ccc(F)cc4)CCN3C2)cc1. The summed E-state index contributed by atoms with van der Waals surface area (Å²) in [5.74, 6) is 1.41. The van der Waals surface area contributed by atoms with Crippen LogP contribution in [0, 0.1) is 18.7 Å². The third kappa shape index (κ3) is 4.01. The Morgan fingerprint density at radius 2 is 1.73 bits per heavy atom. The lowest BCUT2D eigenvalue weighted by Gasteiger charge is -2.47. The second kappa shape index (κ2) is 7.67. The van der Waals surface area contributed by atoms with Gasteiger partial charge in [0.1, 0.15) is 11.6 Å². The van der Waals surface area contributed by atoms with E-state index in [1.54, 1.807) is 12.1 Å². The Bertz CT molecular complexity index is 716. The molecular weight excluding hydrogens is 327 g/mol. The maximum Gasteiger partial charge on any atom is 0.123 e. The number of anilines is 1. The van der Waals surface area contributed by atoms with Gasteiger partial charge in [0, 0.05) is 43.8 Å². The Hall–Kier alpha value is -2.07. The molecule has 26 heavy (non-hydrogen) atoms. The smallest absolute Gasteiger partial charge is 0.123 e. The summed E-state index contributed by atoms with van der Waals surface area (Å²) in [6.45, 7) is 7.13. The summed E-state index contributed by atoms with van der Waals surface area (Å²) in [6, 6.07) is 15.8. The van der Waals surface area contributed by atoms with Crippen LogP contribution in [0.5, 0.6) is 5.75 Å². The van der Waals surface area contributed by atoms with Gasteiger partial charge >= 0.3 is 0 Å². The first-order valence-corrected chi connectivity index (χ1v) is 9.61. The minimum atomic E-state index is -0.165. The van der Waals surface area contributed by atoms with Crippen molar-refractivity contribution < 1.29 is 9.13 Å². The first-order valence-electron chi connectivity index (χ1n) is 9.61. The number of halogens is 1. The molecule has 2 fully saturated rings. The zero-order valence-corrected chi connectivity index (χ0v) is 15.4. The van der Waals surface area contributed by atoms with Crippen molar-refractivity contribution in [2.24, 2.45) is 5.92 Å². The van der Waals surface area contributed by atoms with Crippen LogP contribution in [0.1, 0.15) is 18.4 Å². The normalized spacial score (nSPS) is 23.5. The third-order valence-corrected chi connectivity index (χ3v) is 5.70. The van der Waals surface area contributed by atoms with Gasteiger partial charge in [0.05, 0.1) is 6.61 Å². The molecular formula is C22H27FN2O. The maximum absolute atomic E-state index is 13.1. The van der Waals surface area contributed by atoms with Crippen molar-refractivity contribution in [1.82, 2.24) is 4.90 Å². The molecule has 2 aromatic rings. The van der Waals surface area contributed by atoms with E-state index in [0.29, 0.717) is 12.0 Å². The molecule has 2 aromatic carbocycles. The van der Waals surface area contributed by atoms with E-state index in [9.17, 15) is 4.39 Å². The minimum absolute atomic E-state index is 0.165. The van der Waals surface area contributed by atoms with Crippen LogP contribution < -0.4 is 9.64 Å². The van der Waals surface area contributed by atoms with Crippen molar-refractivity contribution in [1.29, 1.82) is 0 Å². The molecule has 2 saturated heterocycles. The number of ether oxygens (including phenoxy) is 1. The number of piperidine rings is 1. The fourth-order valence-corrected chi connectivity index (χ4v) is 4.13. The number of benzene rings is 2. The Morgan fingerprint density at radius 1 is 0.962 bits per heavy atom. The third-order valence-electron chi connectivity index (χ3n) is 5.70. The number of nitrogens with zero attached hydrogens (tertiary/aromatic N) is 2. The molecule has 2 heterocycles. The van der Waals surface area contributed by atoms with E-state index in [4.69, 9.17) is 4.74 Å². The molecule has 4 rings (SSSR count). The molecule has 0 aliphatic carbocycles. The Morgan fingerprint density at radius 3 is 2.50 bits per heavy atom. The predicted octanol–water partition coefficient (Wildman–Crippen LogP) is 4.11. The Kier molecular flexibility index (Phi) is 5.11. The zero-order valence-electron chi connectivity index (χ0n) is 15.4. The number of piperazine rings is 1. The van der Waals surface area contributed by atoms with E-state index >= 15 is 0 Å². The van der Waals surface area contributed by atoms with Gasteiger partial charge in [0.15, 0.2) is 0 Å². The van der Waals surface area contributed by atoms with Crippen LogP contribution in [0.3, 0.4) is 0 Å². The van der Waals surface area contributed by atoms with E-state index in [1.165, 1.54) is 18.4 Å². The number of rotatable bonds is 4. The molecule has 138 valence electrons. The van der Waals surface area contributed by atoms with Gasteiger partial charge in [-0.2, -0.15) is 0 Å². The summed E-state index contributed by atoms with van der Waals surface area (Å²) in [5.41, 5.74) is 2.40. The van der Waals surface area contributed by atoms with Crippen molar-refractivity contribution in [2.45, 2.75) is 25.8 Å². The first-order chi connectivity index (χ1) is 12.7. The molecule has 2 aliphatic rings. The van der Waals surface area contributed by atoms with Gasteiger partial charge in [-0.1, -0.05) is 17.7 Å². The van der Waals surface area contributed by atoms with Crippen LogP contribution in [0.15, 0.2) is 48.5 Å². The summed E-state index contributed by atoms with van der Waals surface area (Å²) in [6.07, 6.45) is 2.42. The van der Waals surface area contributed by atoms with Gasteiger partial charge in [-0.05, 0) is 56.2 Å². The molecule has 2 aliphatic heterocycles. The second-order valence-electron chi connectivity index (χ2n) is 7.64. The number of hydrogen-bond donors (Lipinski definition) is 0.